The van der Waals surface area contributed by atoms with Gasteiger partial charge in [0.25, 0.3) is 0 Å². The van der Waals surface area contributed by atoms with E-state index in [0.717, 1.165) is 12.6 Å². The third-order valence-electron chi connectivity index (χ3n) is 2.41. The first kappa shape index (κ1) is 10.5. The first-order chi connectivity index (χ1) is 7.15. The standard InChI is InChI=1S/C11H13F2NO/c1-7-5-14-6-11(15-7)8-2-9(12)4-10(13)3-8/h2-4,7,11,14H,5-6H2,1H3. The number of rotatable bonds is 1. The lowest BCUT2D eigenvalue weighted by molar-refractivity contribution is -0.0289. The van der Waals surface area contributed by atoms with Gasteiger partial charge in [-0.1, -0.05) is 0 Å². The van der Waals surface area contributed by atoms with Gasteiger partial charge in [0.05, 0.1) is 12.2 Å². The highest BCUT2D eigenvalue weighted by molar-refractivity contribution is 5.21. The van der Waals surface area contributed by atoms with Crippen LogP contribution in [0.5, 0.6) is 0 Å². The van der Waals surface area contributed by atoms with Crippen LogP contribution in [-0.4, -0.2) is 19.2 Å². The fourth-order valence-corrected chi connectivity index (χ4v) is 1.75. The van der Waals surface area contributed by atoms with Crippen molar-refractivity contribution in [2.75, 3.05) is 13.1 Å². The highest BCUT2D eigenvalue weighted by Gasteiger charge is 2.21. The van der Waals surface area contributed by atoms with Crippen molar-refractivity contribution in [3.05, 3.63) is 35.4 Å². The molecule has 1 N–H and O–H groups in total. The largest absolute Gasteiger partial charge is 0.368 e. The van der Waals surface area contributed by atoms with Gasteiger partial charge in [-0.2, -0.15) is 0 Å². The smallest absolute Gasteiger partial charge is 0.126 e. The number of halogens is 2. The molecule has 15 heavy (non-hydrogen) atoms. The minimum atomic E-state index is -0.563. The SMILES string of the molecule is CC1CNCC(c2cc(F)cc(F)c2)O1. The Morgan fingerprint density at radius 1 is 1.20 bits per heavy atom. The highest BCUT2D eigenvalue weighted by Crippen LogP contribution is 2.22. The van der Waals surface area contributed by atoms with Gasteiger partial charge in [-0.15, -0.1) is 0 Å². The molecule has 2 rings (SSSR count). The van der Waals surface area contributed by atoms with E-state index in [1.54, 1.807) is 0 Å². The van der Waals surface area contributed by atoms with E-state index < -0.39 is 11.6 Å². The van der Waals surface area contributed by atoms with E-state index in [-0.39, 0.29) is 12.2 Å². The van der Waals surface area contributed by atoms with Crippen molar-refractivity contribution in [2.45, 2.75) is 19.1 Å². The van der Waals surface area contributed by atoms with Crippen molar-refractivity contribution in [3.8, 4) is 0 Å². The second kappa shape index (κ2) is 4.24. The van der Waals surface area contributed by atoms with Gasteiger partial charge in [0.15, 0.2) is 0 Å². The molecule has 0 amide bonds. The van der Waals surface area contributed by atoms with Gasteiger partial charge in [0.2, 0.25) is 0 Å². The Kier molecular flexibility index (Phi) is 2.98. The molecule has 0 radical (unpaired) electrons. The fraction of sp³-hybridized carbons (Fsp3) is 0.455. The monoisotopic (exact) mass is 213 g/mol. The van der Waals surface area contributed by atoms with Crippen LogP contribution in [0, 0.1) is 11.6 Å². The van der Waals surface area contributed by atoms with Crippen molar-refractivity contribution in [2.24, 2.45) is 0 Å². The number of morpholine rings is 1. The minimum Gasteiger partial charge on any atom is -0.368 e. The minimum absolute atomic E-state index is 0.0649. The summed E-state index contributed by atoms with van der Waals surface area (Å²) in [7, 11) is 0. The molecule has 0 bridgehead atoms. The van der Waals surface area contributed by atoms with Crippen LogP contribution in [0.4, 0.5) is 8.78 Å². The van der Waals surface area contributed by atoms with Crippen LogP contribution in [0.25, 0.3) is 0 Å². The molecular formula is C11H13F2NO. The van der Waals surface area contributed by atoms with Gasteiger partial charge >= 0.3 is 0 Å². The molecule has 4 heteroatoms. The Balaban J connectivity index is 2.20. The zero-order chi connectivity index (χ0) is 10.8. The summed E-state index contributed by atoms with van der Waals surface area (Å²) in [6, 6.07) is 3.49. The Labute approximate surface area is 87.2 Å². The molecule has 2 unspecified atom stereocenters. The zero-order valence-electron chi connectivity index (χ0n) is 8.47. The van der Waals surface area contributed by atoms with E-state index in [4.69, 9.17) is 4.74 Å². The number of hydrogen-bond acceptors (Lipinski definition) is 2. The summed E-state index contributed by atoms with van der Waals surface area (Å²) in [5.41, 5.74) is 0.548. The molecule has 1 aromatic carbocycles. The third-order valence-corrected chi connectivity index (χ3v) is 2.41. The maximum absolute atomic E-state index is 13.0. The average Bonchev–Trinajstić information content (AvgIpc) is 2.16. The van der Waals surface area contributed by atoms with Crippen LogP contribution in [-0.2, 0) is 4.74 Å². The predicted octanol–water partition coefficient (Wildman–Crippen LogP) is 2.01. The lowest BCUT2D eigenvalue weighted by Crippen LogP contribution is -2.38. The number of nitrogens with one attached hydrogen (secondary N) is 1. The van der Waals surface area contributed by atoms with Crippen LogP contribution in [0.15, 0.2) is 18.2 Å². The van der Waals surface area contributed by atoms with Crippen LogP contribution >= 0.6 is 0 Å². The van der Waals surface area contributed by atoms with E-state index in [0.29, 0.717) is 12.1 Å². The first-order valence-corrected chi connectivity index (χ1v) is 4.97. The number of hydrogen-bond donors (Lipinski definition) is 1. The van der Waals surface area contributed by atoms with Crippen LogP contribution in [0.2, 0.25) is 0 Å². The van der Waals surface area contributed by atoms with E-state index in [2.05, 4.69) is 5.32 Å². The lowest BCUT2D eigenvalue weighted by Gasteiger charge is -2.29. The number of benzene rings is 1. The summed E-state index contributed by atoms with van der Waals surface area (Å²) in [6.07, 6.45) is -0.200. The fourth-order valence-electron chi connectivity index (χ4n) is 1.75. The van der Waals surface area contributed by atoms with Gasteiger partial charge in [0, 0.05) is 19.2 Å². The van der Waals surface area contributed by atoms with Gasteiger partial charge < -0.3 is 10.1 Å². The predicted molar refractivity (Wildman–Crippen MR) is 52.5 cm³/mol. The molecule has 1 fully saturated rings. The summed E-state index contributed by atoms with van der Waals surface area (Å²) in [6.45, 7) is 3.29. The van der Waals surface area contributed by atoms with Crippen LogP contribution in [0.1, 0.15) is 18.6 Å². The molecule has 0 aliphatic carbocycles. The Morgan fingerprint density at radius 2 is 1.87 bits per heavy atom. The molecule has 1 aliphatic rings. The van der Waals surface area contributed by atoms with E-state index in [1.165, 1.54) is 12.1 Å². The van der Waals surface area contributed by atoms with Crippen molar-refractivity contribution < 1.29 is 13.5 Å². The normalized spacial score (nSPS) is 26.6. The summed E-state index contributed by atoms with van der Waals surface area (Å²) in [4.78, 5) is 0. The van der Waals surface area contributed by atoms with E-state index in [1.807, 2.05) is 6.92 Å². The Morgan fingerprint density at radius 3 is 2.47 bits per heavy atom. The summed E-state index contributed by atoms with van der Waals surface area (Å²) < 4.78 is 31.5. The Bertz CT molecular complexity index is 336. The molecule has 82 valence electrons. The quantitative estimate of drug-likeness (QED) is 0.770. The first-order valence-electron chi connectivity index (χ1n) is 4.97. The molecule has 1 aliphatic heterocycles. The highest BCUT2D eigenvalue weighted by atomic mass is 19.1. The van der Waals surface area contributed by atoms with Crippen molar-refractivity contribution in [3.63, 3.8) is 0 Å². The summed E-state index contributed by atoms with van der Waals surface area (Å²) in [5.74, 6) is -1.13. The summed E-state index contributed by atoms with van der Waals surface area (Å²) in [5, 5.41) is 3.15. The van der Waals surface area contributed by atoms with Crippen molar-refractivity contribution >= 4 is 0 Å². The second-order valence-corrected chi connectivity index (χ2v) is 3.80. The van der Waals surface area contributed by atoms with Gasteiger partial charge in [-0.3, -0.25) is 0 Å². The van der Waals surface area contributed by atoms with Crippen molar-refractivity contribution in [1.29, 1.82) is 0 Å². The van der Waals surface area contributed by atoms with Crippen LogP contribution < -0.4 is 5.32 Å². The maximum atomic E-state index is 13.0. The molecule has 0 aromatic heterocycles. The molecule has 1 saturated heterocycles. The summed E-state index contributed by atoms with van der Waals surface area (Å²) >= 11 is 0. The maximum Gasteiger partial charge on any atom is 0.126 e. The van der Waals surface area contributed by atoms with E-state index in [9.17, 15) is 8.78 Å². The number of ether oxygens (including phenoxy) is 1. The topological polar surface area (TPSA) is 21.3 Å². The van der Waals surface area contributed by atoms with E-state index >= 15 is 0 Å². The zero-order valence-corrected chi connectivity index (χ0v) is 8.47. The molecule has 1 aromatic rings. The van der Waals surface area contributed by atoms with Gasteiger partial charge in [-0.05, 0) is 24.6 Å². The second-order valence-electron chi connectivity index (χ2n) is 3.80. The molecule has 0 saturated carbocycles. The molecule has 2 atom stereocenters. The van der Waals surface area contributed by atoms with Gasteiger partial charge in [-0.25, -0.2) is 8.78 Å². The average molecular weight is 213 g/mol. The molecular weight excluding hydrogens is 200 g/mol. The van der Waals surface area contributed by atoms with Crippen molar-refractivity contribution in [1.82, 2.24) is 5.32 Å². The molecule has 2 nitrogen and oxygen atoms in total. The third kappa shape index (κ3) is 2.52. The Hall–Kier alpha value is -1.00. The van der Waals surface area contributed by atoms with Crippen LogP contribution in [0.3, 0.4) is 0 Å². The molecule has 1 heterocycles. The molecule has 0 spiro atoms. The lowest BCUT2D eigenvalue weighted by atomic mass is 10.1. The van der Waals surface area contributed by atoms with Gasteiger partial charge in [0.1, 0.15) is 11.6 Å².